The molecular formula is C28H38O20. The Hall–Kier alpha value is -4.40. The molecule has 0 aliphatic carbocycles. The Balaban J connectivity index is 2.81. The first-order valence-electron chi connectivity index (χ1n) is 14.3. The molecule has 0 amide bonds. The lowest BCUT2D eigenvalue weighted by molar-refractivity contribution is -0.437. The van der Waals surface area contributed by atoms with Gasteiger partial charge in [0.05, 0.1) is 0 Å². The van der Waals surface area contributed by atoms with Crippen molar-refractivity contribution in [3.8, 4) is 0 Å². The molecule has 48 heavy (non-hydrogen) atoms. The molecule has 1 N–H and O–H groups in total. The summed E-state index contributed by atoms with van der Waals surface area (Å²) >= 11 is 0. The third kappa shape index (κ3) is 11.1. The topological polar surface area (TPSA) is 258 Å². The summed E-state index contributed by atoms with van der Waals surface area (Å²) in [6.45, 7) is 6.17. The van der Waals surface area contributed by atoms with Gasteiger partial charge in [0.2, 0.25) is 30.6 Å². The second-order valence-corrected chi connectivity index (χ2v) is 10.4. The summed E-state index contributed by atoms with van der Waals surface area (Å²) in [6.07, 6.45) is -16.9. The Bertz CT molecular complexity index is 1250. The van der Waals surface area contributed by atoms with Crippen LogP contribution in [0.5, 0.6) is 0 Å². The van der Waals surface area contributed by atoms with E-state index in [4.69, 9.17) is 52.1 Å². The van der Waals surface area contributed by atoms with Crippen molar-refractivity contribution in [2.45, 2.75) is 116 Å². The quantitative estimate of drug-likeness (QED) is 0.138. The molecule has 0 unspecified atom stereocenters. The van der Waals surface area contributed by atoms with Crippen LogP contribution in [0.3, 0.4) is 0 Å². The summed E-state index contributed by atoms with van der Waals surface area (Å²) in [4.78, 5) is 96.4. The molecule has 0 aromatic heterocycles. The van der Waals surface area contributed by atoms with E-state index >= 15 is 0 Å². The maximum Gasteiger partial charge on any atom is 0.305 e. The molecule has 20 nitrogen and oxygen atoms in total. The van der Waals surface area contributed by atoms with Crippen LogP contribution >= 0.6 is 0 Å². The van der Waals surface area contributed by atoms with E-state index in [0.717, 1.165) is 55.4 Å². The lowest BCUT2D eigenvalue weighted by Gasteiger charge is -2.51. The average Bonchev–Trinajstić information content (AvgIpc) is 2.92. The Kier molecular flexibility index (Phi) is 14.2. The predicted molar refractivity (Wildman–Crippen MR) is 146 cm³/mol. The minimum Gasteiger partial charge on any atom is -0.463 e. The van der Waals surface area contributed by atoms with Gasteiger partial charge in [-0.3, -0.25) is 38.4 Å². The highest BCUT2D eigenvalue weighted by Gasteiger charge is 2.65. The number of ether oxygens (including phenoxy) is 11. The molecule has 2 aliphatic rings. The molecule has 10 atom stereocenters. The summed E-state index contributed by atoms with van der Waals surface area (Å²) in [7, 11) is 0. The van der Waals surface area contributed by atoms with Crippen LogP contribution in [0.15, 0.2) is 0 Å². The number of carbonyl (C=O) groups is 8. The Morgan fingerprint density at radius 3 is 1.42 bits per heavy atom. The van der Waals surface area contributed by atoms with Crippen LogP contribution < -0.4 is 0 Å². The molecule has 0 aromatic carbocycles. The van der Waals surface area contributed by atoms with E-state index in [1.165, 1.54) is 0 Å². The van der Waals surface area contributed by atoms with E-state index in [9.17, 15) is 43.5 Å². The molecule has 2 aliphatic heterocycles. The molecular weight excluding hydrogens is 656 g/mol. The van der Waals surface area contributed by atoms with E-state index in [1.807, 2.05) is 0 Å². The molecule has 2 heterocycles. The Morgan fingerprint density at radius 1 is 0.500 bits per heavy atom. The normalized spacial score (nSPS) is 31.2. The summed E-state index contributed by atoms with van der Waals surface area (Å²) in [6, 6.07) is 0. The van der Waals surface area contributed by atoms with Gasteiger partial charge in [0.15, 0.2) is 24.4 Å². The summed E-state index contributed by atoms with van der Waals surface area (Å²) in [5.74, 6) is -10.9. The first-order chi connectivity index (χ1) is 22.2. The maximum atomic E-state index is 12.3. The van der Waals surface area contributed by atoms with Crippen LogP contribution in [0.4, 0.5) is 0 Å². The highest BCUT2D eigenvalue weighted by Crippen LogP contribution is 2.40. The highest BCUT2D eigenvalue weighted by atomic mass is 16.8. The van der Waals surface area contributed by atoms with Crippen molar-refractivity contribution in [2.75, 3.05) is 13.2 Å². The van der Waals surface area contributed by atoms with Crippen molar-refractivity contribution < 1.29 is 95.6 Å². The van der Waals surface area contributed by atoms with Crippen LogP contribution in [0.1, 0.15) is 55.4 Å². The summed E-state index contributed by atoms with van der Waals surface area (Å²) in [5.41, 5.74) is 0. The second-order valence-electron chi connectivity index (χ2n) is 10.4. The fourth-order valence-electron chi connectivity index (χ4n) is 4.76. The molecule has 2 rings (SSSR count). The molecule has 270 valence electrons. The maximum absolute atomic E-state index is 12.3. The van der Waals surface area contributed by atoms with Gasteiger partial charge in [-0.1, -0.05) is 0 Å². The zero-order valence-electron chi connectivity index (χ0n) is 27.3. The van der Waals surface area contributed by atoms with Crippen molar-refractivity contribution in [3.63, 3.8) is 0 Å². The SMILES string of the molecule is CC(=O)OC[C@H]1O[C@@H](O[C@@]2(O)[C@H](OC(C)=O)[C@@H](OC(C)=O)[C@H](OC(C)=O)O[C@@H]2COC(C)=O)[C@H](OC(C)=O)[C@@H](OC(C)=O)[C@H]1OC(C)=O. The van der Waals surface area contributed by atoms with Gasteiger partial charge in [-0.15, -0.1) is 0 Å². The molecule has 20 heteroatoms. The third-order valence-corrected chi connectivity index (χ3v) is 6.30. The van der Waals surface area contributed by atoms with Crippen molar-refractivity contribution in [2.24, 2.45) is 0 Å². The zero-order chi connectivity index (χ0) is 36.5. The first-order valence-corrected chi connectivity index (χ1v) is 14.3. The van der Waals surface area contributed by atoms with E-state index in [0.29, 0.717) is 0 Å². The van der Waals surface area contributed by atoms with Gasteiger partial charge in [0.25, 0.3) is 0 Å². The summed E-state index contributed by atoms with van der Waals surface area (Å²) in [5, 5.41) is 12.2. The fraction of sp³-hybridized carbons (Fsp3) is 0.714. The summed E-state index contributed by atoms with van der Waals surface area (Å²) < 4.78 is 59.1. The van der Waals surface area contributed by atoms with Crippen molar-refractivity contribution in [3.05, 3.63) is 0 Å². The van der Waals surface area contributed by atoms with Gasteiger partial charge in [0, 0.05) is 55.4 Å². The average molecular weight is 695 g/mol. The molecule has 0 aromatic rings. The molecule has 0 radical (unpaired) electrons. The van der Waals surface area contributed by atoms with Crippen molar-refractivity contribution in [1.29, 1.82) is 0 Å². The number of rotatable bonds is 12. The largest absolute Gasteiger partial charge is 0.463 e. The van der Waals surface area contributed by atoms with Crippen LogP contribution in [0.25, 0.3) is 0 Å². The van der Waals surface area contributed by atoms with E-state index < -0.39 is 122 Å². The van der Waals surface area contributed by atoms with E-state index in [1.54, 1.807) is 0 Å². The fourth-order valence-corrected chi connectivity index (χ4v) is 4.76. The molecule has 0 bridgehead atoms. The van der Waals surface area contributed by atoms with E-state index in [2.05, 4.69) is 0 Å². The highest BCUT2D eigenvalue weighted by molar-refractivity contribution is 5.70. The van der Waals surface area contributed by atoms with Gasteiger partial charge < -0.3 is 57.2 Å². The number of hydrogen-bond donors (Lipinski definition) is 1. The lowest BCUT2D eigenvalue weighted by Crippen LogP contribution is -2.73. The molecule has 0 spiro atoms. The van der Waals surface area contributed by atoms with Gasteiger partial charge in [-0.25, -0.2) is 0 Å². The van der Waals surface area contributed by atoms with Gasteiger partial charge >= 0.3 is 47.8 Å². The van der Waals surface area contributed by atoms with Crippen LogP contribution in [0, 0.1) is 0 Å². The number of hydrogen-bond acceptors (Lipinski definition) is 20. The smallest absolute Gasteiger partial charge is 0.305 e. The predicted octanol–water partition coefficient (Wildman–Crippen LogP) is -1.51. The standard InChI is InChI=1S/C28H38O20/c1-11(29)38-9-19-21(40-13(3)31)22(41-14(4)32)23(42-15(5)33)27(46-19)48-28(37)20(10-39-12(2)30)47-26(45-18(8)36)24(43-16(6)34)25(28)44-17(7)35/h19-27,37H,9-10H2,1-8H3/t19-,20-,21+,22+,23-,24-,25-,26-,27+,28-/m1/s1. The number of esters is 8. The third-order valence-electron chi connectivity index (χ3n) is 6.30. The molecule has 2 saturated heterocycles. The Morgan fingerprint density at radius 2 is 0.938 bits per heavy atom. The monoisotopic (exact) mass is 694 g/mol. The van der Waals surface area contributed by atoms with Crippen molar-refractivity contribution in [1.82, 2.24) is 0 Å². The van der Waals surface area contributed by atoms with E-state index in [-0.39, 0.29) is 0 Å². The minimum atomic E-state index is -3.12. The van der Waals surface area contributed by atoms with Gasteiger partial charge in [-0.05, 0) is 0 Å². The first kappa shape index (κ1) is 39.8. The lowest BCUT2D eigenvalue weighted by atomic mass is 9.93. The van der Waals surface area contributed by atoms with Crippen LogP contribution in [0.2, 0.25) is 0 Å². The zero-order valence-corrected chi connectivity index (χ0v) is 27.3. The van der Waals surface area contributed by atoms with Gasteiger partial charge in [-0.2, -0.15) is 0 Å². The van der Waals surface area contributed by atoms with Crippen LogP contribution in [-0.2, 0) is 90.5 Å². The second kappa shape index (κ2) is 17.1. The van der Waals surface area contributed by atoms with Gasteiger partial charge in [0.1, 0.15) is 19.3 Å². The number of carbonyl (C=O) groups excluding carboxylic acids is 8. The Labute approximate surface area is 273 Å². The number of aliphatic hydroxyl groups is 1. The van der Waals surface area contributed by atoms with Crippen LogP contribution in [-0.4, -0.2) is 127 Å². The van der Waals surface area contributed by atoms with Crippen molar-refractivity contribution >= 4 is 47.8 Å². The molecule has 2 fully saturated rings. The minimum absolute atomic E-state index is 0.679. The molecule has 0 saturated carbocycles.